The number of thiol groups is 1. The van der Waals surface area contributed by atoms with Crippen molar-refractivity contribution < 1.29 is 4.79 Å². The summed E-state index contributed by atoms with van der Waals surface area (Å²) in [6, 6.07) is 6.92. The highest BCUT2D eigenvalue weighted by atomic mass is 35.5. The summed E-state index contributed by atoms with van der Waals surface area (Å²) in [5, 5.41) is 0.507. The zero-order chi connectivity index (χ0) is 8.69. The predicted molar refractivity (Wildman–Crippen MR) is 51.7 cm³/mol. The van der Waals surface area contributed by atoms with Crippen molar-refractivity contribution in [3.05, 3.63) is 34.9 Å². The lowest BCUT2D eigenvalue weighted by Crippen LogP contribution is -1.77. The molecule has 0 bridgehead atoms. The zero-order valence-corrected chi connectivity index (χ0v) is 7.77. The highest BCUT2D eigenvalue weighted by molar-refractivity contribution is 7.79. The molecule has 0 saturated heterocycles. The molecule has 0 aromatic heterocycles. The Labute approximate surface area is 76.8 Å². The van der Waals surface area contributed by atoms with Gasteiger partial charge in [0.05, 0.1) is 5.02 Å². The molecule has 0 aliphatic heterocycles. The van der Waals surface area contributed by atoms with Crippen molar-refractivity contribution in [3.63, 3.8) is 0 Å². The Morgan fingerprint density at radius 2 is 1.91 bits per heavy atom. The van der Waals surface area contributed by atoms with Crippen molar-refractivity contribution in [2.75, 3.05) is 6.26 Å². The Kier molecular flexibility index (Phi) is 5.99. The number of aldehydes is 1. The molecule has 60 valence electrons. The normalized spacial score (nSPS) is 7.91. The number of benzene rings is 1. The molecule has 0 radical (unpaired) electrons. The first kappa shape index (κ1) is 10.5. The van der Waals surface area contributed by atoms with Gasteiger partial charge in [-0.3, -0.25) is 4.79 Å². The summed E-state index contributed by atoms with van der Waals surface area (Å²) in [6.45, 7) is 0. The molecule has 0 saturated carbocycles. The molecule has 1 aromatic rings. The molecule has 3 heteroatoms. The van der Waals surface area contributed by atoms with Crippen LogP contribution in [0.4, 0.5) is 0 Å². The third kappa shape index (κ3) is 3.44. The highest BCUT2D eigenvalue weighted by Gasteiger charge is 1.92. The second kappa shape index (κ2) is 6.25. The van der Waals surface area contributed by atoms with Crippen LogP contribution in [0.15, 0.2) is 24.3 Å². The third-order valence-electron chi connectivity index (χ3n) is 1.03. The molecule has 0 atom stereocenters. The maximum Gasteiger partial charge on any atom is 0.151 e. The van der Waals surface area contributed by atoms with Crippen molar-refractivity contribution in [3.8, 4) is 0 Å². The Bertz CT molecular complexity index is 225. The van der Waals surface area contributed by atoms with Crippen molar-refractivity contribution in [1.29, 1.82) is 0 Å². The van der Waals surface area contributed by atoms with Gasteiger partial charge in [-0.05, 0) is 12.3 Å². The average molecular weight is 189 g/mol. The van der Waals surface area contributed by atoms with Gasteiger partial charge in [0, 0.05) is 5.56 Å². The lowest BCUT2D eigenvalue weighted by Gasteiger charge is -1.90. The van der Waals surface area contributed by atoms with E-state index in [-0.39, 0.29) is 0 Å². The van der Waals surface area contributed by atoms with E-state index in [4.69, 9.17) is 11.6 Å². The first-order valence-electron chi connectivity index (χ1n) is 2.99. The Balaban J connectivity index is 0.000000461. The van der Waals surface area contributed by atoms with Crippen molar-refractivity contribution in [2.45, 2.75) is 0 Å². The molecule has 0 heterocycles. The van der Waals surface area contributed by atoms with Crippen LogP contribution >= 0.6 is 24.2 Å². The predicted octanol–water partition coefficient (Wildman–Crippen LogP) is 2.70. The first-order valence-corrected chi connectivity index (χ1v) is 4.26. The molecule has 0 unspecified atom stereocenters. The zero-order valence-electron chi connectivity index (χ0n) is 6.12. The summed E-state index contributed by atoms with van der Waals surface area (Å²) >= 11 is 9.12. The van der Waals surface area contributed by atoms with Gasteiger partial charge in [-0.25, -0.2) is 0 Å². The highest BCUT2D eigenvalue weighted by Crippen LogP contribution is 2.11. The smallest absolute Gasteiger partial charge is 0.151 e. The molecule has 0 spiro atoms. The Morgan fingerprint density at radius 1 is 1.36 bits per heavy atom. The van der Waals surface area contributed by atoms with Crippen LogP contribution in [0, 0.1) is 0 Å². The number of rotatable bonds is 1. The van der Waals surface area contributed by atoms with Gasteiger partial charge in [-0.15, -0.1) is 0 Å². The summed E-state index contributed by atoms with van der Waals surface area (Å²) in [6.07, 6.45) is 2.43. The van der Waals surface area contributed by atoms with Crippen LogP contribution in [0.1, 0.15) is 10.4 Å². The Hall–Kier alpha value is -0.470. The van der Waals surface area contributed by atoms with E-state index in [9.17, 15) is 4.79 Å². The van der Waals surface area contributed by atoms with E-state index in [1.807, 2.05) is 0 Å². The molecular formula is C8H9ClOS. The van der Waals surface area contributed by atoms with E-state index in [0.29, 0.717) is 10.6 Å². The largest absolute Gasteiger partial charge is 0.298 e. The van der Waals surface area contributed by atoms with Crippen molar-refractivity contribution in [2.24, 2.45) is 0 Å². The third-order valence-corrected chi connectivity index (χ3v) is 1.38. The number of halogens is 1. The summed E-state index contributed by atoms with van der Waals surface area (Å²) in [4.78, 5) is 10.1. The molecule has 0 amide bonds. The van der Waals surface area contributed by atoms with Gasteiger partial charge in [0.25, 0.3) is 0 Å². The maximum absolute atomic E-state index is 10.1. The number of hydrogen-bond donors (Lipinski definition) is 1. The van der Waals surface area contributed by atoms with E-state index >= 15 is 0 Å². The van der Waals surface area contributed by atoms with Crippen LogP contribution in [-0.4, -0.2) is 12.5 Å². The van der Waals surface area contributed by atoms with E-state index in [1.165, 1.54) is 0 Å². The van der Waals surface area contributed by atoms with Crippen LogP contribution in [-0.2, 0) is 0 Å². The number of carbonyl (C=O) groups excluding carboxylic acids is 1. The standard InChI is InChI=1S/C7H5ClO.CH4S/c8-7-4-2-1-3-6(7)5-9;1-2/h1-5H;2H,1H3. The lowest BCUT2D eigenvalue weighted by atomic mass is 10.2. The van der Waals surface area contributed by atoms with Crippen LogP contribution in [0.5, 0.6) is 0 Å². The first-order chi connectivity index (χ1) is 5.34. The van der Waals surface area contributed by atoms with Gasteiger partial charge in [0.15, 0.2) is 6.29 Å². The van der Waals surface area contributed by atoms with Gasteiger partial charge < -0.3 is 0 Å². The van der Waals surface area contributed by atoms with E-state index in [2.05, 4.69) is 12.6 Å². The molecule has 1 rings (SSSR count). The van der Waals surface area contributed by atoms with E-state index in [0.717, 1.165) is 6.29 Å². The second-order valence-corrected chi connectivity index (χ2v) is 2.05. The van der Waals surface area contributed by atoms with Crippen molar-refractivity contribution >= 4 is 30.5 Å². The fourth-order valence-electron chi connectivity index (χ4n) is 0.571. The van der Waals surface area contributed by atoms with Crippen LogP contribution in [0.25, 0.3) is 0 Å². The minimum atomic E-state index is 0.507. The monoisotopic (exact) mass is 188 g/mol. The minimum absolute atomic E-state index is 0.507. The van der Waals surface area contributed by atoms with Gasteiger partial charge in [-0.1, -0.05) is 29.8 Å². The topological polar surface area (TPSA) is 17.1 Å². The fourth-order valence-corrected chi connectivity index (χ4v) is 0.751. The summed E-state index contributed by atoms with van der Waals surface area (Å²) in [5.74, 6) is 0. The average Bonchev–Trinajstić information content (AvgIpc) is 2.09. The lowest BCUT2D eigenvalue weighted by molar-refractivity contribution is 0.112. The molecule has 11 heavy (non-hydrogen) atoms. The molecule has 0 N–H and O–H groups in total. The number of hydrogen-bond acceptors (Lipinski definition) is 2. The van der Waals surface area contributed by atoms with Gasteiger partial charge >= 0.3 is 0 Å². The van der Waals surface area contributed by atoms with Crippen LogP contribution in [0.3, 0.4) is 0 Å². The van der Waals surface area contributed by atoms with E-state index in [1.54, 1.807) is 30.5 Å². The summed E-state index contributed by atoms with van der Waals surface area (Å²) < 4.78 is 0. The fraction of sp³-hybridized carbons (Fsp3) is 0.125. The van der Waals surface area contributed by atoms with Gasteiger partial charge in [0.1, 0.15) is 0 Å². The van der Waals surface area contributed by atoms with E-state index < -0.39 is 0 Å². The van der Waals surface area contributed by atoms with Crippen molar-refractivity contribution in [1.82, 2.24) is 0 Å². The quantitative estimate of drug-likeness (QED) is 0.530. The van der Waals surface area contributed by atoms with Gasteiger partial charge in [0.2, 0.25) is 0 Å². The molecular weight excluding hydrogens is 180 g/mol. The van der Waals surface area contributed by atoms with Crippen LogP contribution < -0.4 is 0 Å². The maximum atomic E-state index is 10.1. The minimum Gasteiger partial charge on any atom is -0.298 e. The molecule has 1 aromatic carbocycles. The molecule has 1 nitrogen and oxygen atoms in total. The molecule has 0 aliphatic rings. The molecule has 0 aliphatic carbocycles. The summed E-state index contributed by atoms with van der Waals surface area (Å²) in [7, 11) is 0. The SMILES string of the molecule is CS.O=Cc1ccccc1Cl. The summed E-state index contributed by atoms with van der Waals surface area (Å²) in [5.41, 5.74) is 0.541. The number of carbonyl (C=O) groups is 1. The molecule has 0 fully saturated rings. The second-order valence-electron chi connectivity index (χ2n) is 1.64. The Morgan fingerprint density at radius 3 is 2.27 bits per heavy atom. The van der Waals surface area contributed by atoms with Gasteiger partial charge in [-0.2, -0.15) is 12.6 Å². The van der Waals surface area contributed by atoms with Crippen LogP contribution in [0.2, 0.25) is 5.02 Å².